The van der Waals surface area contributed by atoms with Crippen LogP contribution < -0.4 is 5.32 Å². The summed E-state index contributed by atoms with van der Waals surface area (Å²) >= 11 is 12.2. The van der Waals surface area contributed by atoms with Gasteiger partial charge in [0.25, 0.3) is 0 Å². The van der Waals surface area contributed by atoms with E-state index in [4.69, 9.17) is 23.8 Å². The second kappa shape index (κ2) is 11.0. The lowest BCUT2D eigenvalue weighted by molar-refractivity contribution is 0.171. The van der Waals surface area contributed by atoms with Gasteiger partial charge in [-0.25, -0.2) is 0 Å². The molecule has 0 saturated carbocycles. The number of nitrogens with one attached hydrogen (secondary N) is 1. The zero-order valence-corrected chi connectivity index (χ0v) is 17.2. The van der Waals surface area contributed by atoms with Crippen LogP contribution in [0.1, 0.15) is 51.0 Å². The molecule has 0 bridgehead atoms. The van der Waals surface area contributed by atoms with E-state index in [1.165, 1.54) is 25.7 Å². The molecule has 2 rings (SSSR count). The maximum Gasteiger partial charge on any atom is 0.169 e. The van der Waals surface area contributed by atoms with E-state index in [1.54, 1.807) is 0 Å². The van der Waals surface area contributed by atoms with Crippen molar-refractivity contribution < 1.29 is 0 Å². The Morgan fingerprint density at radius 2 is 1.96 bits per heavy atom. The highest BCUT2D eigenvalue weighted by Crippen LogP contribution is 2.22. The summed E-state index contributed by atoms with van der Waals surface area (Å²) in [6, 6.07) is 8.59. The van der Waals surface area contributed by atoms with Crippen molar-refractivity contribution in [1.82, 2.24) is 15.1 Å². The summed E-state index contributed by atoms with van der Waals surface area (Å²) in [5.41, 5.74) is 1.15. The van der Waals surface area contributed by atoms with E-state index in [0.29, 0.717) is 6.04 Å². The molecular formula is C20H32ClN3S. The summed E-state index contributed by atoms with van der Waals surface area (Å²) < 4.78 is 0. The Morgan fingerprint density at radius 1 is 1.24 bits per heavy atom. The van der Waals surface area contributed by atoms with Gasteiger partial charge in [0.05, 0.1) is 0 Å². The summed E-state index contributed by atoms with van der Waals surface area (Å²) in [7, 11) is 2.19. The molecule has 1 aliphatic rings. The Bertz CT molecular complexity index is 529. The summed E-state index contributed by atoms with van der Waals surface area (Å²) in [4.78, 5) is 4.76. The summed E-state index contributed by atoms with van der Waals surface area (Å²) in [5.74, 6) is 0. The molecular weight excluding hydrogens is 350 g/mol. The van der Waals surface area contributed by atoms with Gasteiger partial charge in [-0.2, -0.15) is 0 Å². The SMILES string of the molecule is CCCCCCNC(=S)N(Cc1ccccc1Cl)C1CCN(C)CC1. The fourth-order valence-corrected chi connectivity index (χ4v) is 3.84. The first-order chi connectivity index (χ1) is 12.1. The summed E-state index contributed by atoms with van der Waals surface area (Å²) in [6.07, 6.45) is 7.31. The second-order valence-corrected chi connectivity index (χ2v) is 7.84. The van der Waals surface area contributed by atoms with Crippen LogP contribution in [0.5, 0.6) is 0 Å². The smallest absolute Gasteiger partial charge is 0.169 e. The van der Waals surface area contributed by atoms with E-state index in [1.807, 2.05) is 12.1 Å². The molecule has 3 nitrogen and oxygen atoms in total. The van der Waals surface area contributed by atoms with Crippen molar-refractivity contribution in [3.05, 3.63) is 34.9 Å². The van der Waals surface area contributed by atoms with E-state index >= 15 is 0 Å². The van der Waals surface area contributed by atoms with Crippen molar-refractivity contribution in [2.45, 2.75) is 58.0 Å². The molecule has 0 amide bonds. The molecule has 0 atom stereocenters. The number of hydrogen-bond donors (Lipinski definition) is 1. The third kappa shape index (κ3) is 6.76. The minimum absolute atomic E-state index is 0.489. The highest BCUT2D eigenvalue weighted by atomic mass is 35.5. The van der Waals surface area contributed by atoms with Crippen molar-refractivity contribution in [2.75, 3.05) is 26.7 Å². The van der Waals surface area contributed by atoms with Crippen molar-refractivity contribution in [1.29, 1.82) is 0 Å². The Labute approximate surface area is 163 Å². The monoisotopic (exact) mass is 381 g/mol. The van der Waals surface area contributed by atoms with Crippen molar-refractivity contribution >= 4 is 28.9 Å². The van der Waals surface area contributed by atoms with Gasteiger partial charge in [0, 0.05) is 24.2 Å². The lowest BCUT2D eigenvalue weighted by atomic mass is 10.0. The van der Waals surface area contributed by atoms with Crippen LogP contribution >= 0.6 is 23.8 Å². The fourth-order valence-electron chi connectivity index (χ4n) is 3.33. The summed E-state index contributed by atoms with van der Waals surface area (Å²) in [6.45, 7) is 6.24. The van der Waals surface area contributed by atoms with Crippen molar-refractivity contribution in [3.8, 4) is 0 Å². The van der Waals surface area contributed by atoms with Crippen molar-refractivity contribution in [3.63, 3.8) is 0 Å². The first kappa shape index (κ1) is 20.5. The molecule has 0 radical (unpaired) electrons. The highest BCUT2D eigenvalue weighted by molar-refractivity contribution is 7.80. The highest BCUT2D eigenvalue weighted by Gasteiger charge is 2.25. The predicted octanol–water partition coefficient (Wildman–Crippen LogP) is 4.69. The molecule has 5 heteroatoms. The van der Waals surface area contributed by atoms with Crippen LogP contribution in [0, 0.1) is 0 Å². The standard InChI is InChI=1S/C20H32ClN3S/c1-3-4-5-8-13-22-20(25)24(18-11-14-23(2)15-12-18)16-17-9-6-7-10-19(17)21/h6-7,9-10,18H,3-5,8,11-16H2,1-2H3,(H,22,25). The molecule has 1 saturated heterocycles. The van der Waals surface area contributed by atoms with E-state index in [9.17, 15) is 0 Å². The van der Waals surface area contributed by atoms with Gasteiger partial charge >= 0.3 is 0 Å². The molecule has 1 N–H and O–H groups in total. The quantitative estimate of drug-likeness (QED) is 0.519. The third-order valence-corrected chi connectivity index (χ3v) is 5.74. The molecule has 0 spiro atoms. The fraction of sp³-hybridized carbons (Fsp3) is 0.650. The topological polar surface area (TPSA) is 18.5 Å². The molecule has 1 aromatic rings. The van der Waals surface area contributed by atoms with Crippen LogP contribution in [-0.2, 0) is 6.54 Å². The lowest BCUT2D eigenvalue weighted by Gasteiger charge is -2.39. The number of nitrogens with zero attached hydrogens (tertiary/aromatic N) is 2. The second-order valence-electron chi connectivity index (χ2n) is 7.05. The first-order valence-electron chi connectivity index (χ1n) is 9.58. The number of piperidine rings is 1. The normalized spacial score (nSPS) is 16.0. The van der Waals surface area contributed by atoms with Gasteiger partial charge in [-0.1, -0.05) is 56.0 Å². The predicted molar refractivity (Wildman–Crippen MR) is 112 cm³/mol. The third-order valence-electron chi connectivity index (χ3n) is 4.99. The van der Waals surface area contributed by atoms with Crippen LogP contribution in [0.25, 0.3) is 0 Å². The lowest BCUT2D eigenvalue weighted by Crippen LogP contribution is -2.49. The minimum atomic E-state index is 0.489. The number of hydrogen-bond acceptors (Lipinski definition) is 2. The van der Waals surface area contributed by atoms with E-state index in [0.717, 1.165) is 54.7 Å². The van der Waals surface area contributed by atoms with Gasteiger partial charge in [0.2, 0.25) is 0 Å². The molecule has 25 heavy (non-hydrogen) atoms. The summed E-state index contributed by atoms with van der Waals surface area (Å²) in [5, 5.41) is 5.20. The Kier molecular flexibility index (Phi) is 9.00. The molecule has 1 aliphatic heterocycles. The zero-order valence-electron chi connectivity index (χ0n) is 15.6. The van der Waals surface area contributed by atoms with Gasteiger partial charge in [0.15, 0.2) is 5.11 Å². The van der Waals surface area contributed by atoms with E-state index in [2.05, 4.69) is 41.2 Å². The molecule has 0 unspecified atom stereocenters. The van der Waals surface area contributed by atoms with Gasteiger partial charge in [0.1, 0.15) is 0 Å². The van der Waals surface area contributed by atoms with Gasteiger partial charge in [-0.15, -0.1) is 0 Å². The molecule has 0 aliphatic carbocycles. The zero-order chi connectivity index (χ0) is 18.1. The van der Waals surface area contributed by atoms with Gasteiger partial charge < -0.3 is 15.1 Å². The Balaban J connectivity index is 1.98. The van der Waals surface area contributed by atoms with E-state index in [-0.39, 0.29) is 0 Å². The maximum absolute atomic E-state index is 6.40. The Hall–Kier alpha value is -0.840. The van der Waals surface area contributed by atoms with Gasteiger partial charge in [-0.05, 0) is 63.2 Å². The number of unbranched alkanes of at least 4 members (excludes halogenated alkanes) is 3. The Morgan fingerprint density at radius 3 is 2.64 bits per heavy atom. The number of likely N-dealkylation sites (tertiary alicyclic amines) is 1. The number of halogens is 1. The number of benzene rings is 1. The van der Waals surface area contributed by atoms with Gasteiger partial charge in [-0.3, -0.25) is 0 Å². The number of thiocarbonyl (C=S) groups is 1. The molecule has 0 aromatic heterocycles. The largest absolute Gasteiger partial charge is 0.363 e. The molecule has 1 fully saturated rings. The van der Waals surface area contributed by atoms with Crippen LogP contribution in [-0.4, -0.2) is 47.6 Å². The minimum Gasteiger partial charge on any atom is -0.363 e. The van der Waals surface area contributed by atoms with Crippen LogP contribution in [0.15, 0.2) is 24.3 Å². The van der Waals surface area contributed by atoms with E-state index < -0.39 is 0 Å². The first-order valence-corrected chi connectivity index (χ1v) is 10.4. The molecule has 1 heterocycles. The average Bonchev–Trinajstić information content (AvgIpc) is 2.61. The number of rotatable bonds is 8. The molecule has 140 valence electrons. The van der Waals surface area contributed by atoms with Crippen LogP contribution in [0.2, 0.25) is 5.02 Å². The average molecular weight is 382 g/mol. The van der Waals surface area contributed by atoms with Crippen LogP contribution in [0.3, 0.4) is 0 Å². The van der Waals surface area contributed by atoms with Crippen molar-refractivity contribution in [2.24, 2.45) is 0 Å². The van der Waals surface area contributed by atoms with Crippen LogP contribution in [0.4, 0.5) is 0 Å². The maximum atomic E-state index is 6.40. The molecule has 1 aromatic carbocycles.